The average Bonchev–Trinajstić information content (AvgIpc) is 2.97. The van der Waals surface area contributed by atoms with E-state index in [4.69, 9.17) is 11.6 Å². The monoisotopic (exact) mass is 278 g/mol. The normalized spacial score (nSPS) is 25.7. The largest absolute Gasteiger partial charge is 0.351 e. The summed E-state index contributed by atoms with van der Waals surface area (Å²) in [4.78, 5) is 14.4. The summed E-state index contributed by atoms with van der Waals surface area (Å²) < 4.78 is 0. The van der Waals surface area contributed by atoms with Crippen LogP contribution in [0.2, 0.25) is 5.02 Å². The number of benzene rings is 1. The molecule has 2 bridgehead atoms. The topological polar surface area (TPSA) is 32.3 Å². The second-order valence-corrected chi connectivity index (χ2v) is 5.91. The van der Waals surface area contributed by atoms with Crippen LogP contribution >= 0.6 is 11.6 Å². The number of fused-ring (bicyclic) bond motifs is 2. The van der Waals surface area contributed by atoms with Crippen molar-refractivity contribution in [2.45, 2.75) is 44.3 Å². The predicted octanol–water partition coefficient (Wildman–Crippen LogP) is 2.58. The lowest BCUT2D eigenvalue weighted by Crippen LogP contribution is -2.39. The maximum absolute atomic E-state index is 12.0. The van der Waals surface area contributed by atoms with E-state index in [9.17, 15) is 4.79 Å². The predicted molar refractivity (Wildman–Crippen MR) is 76.0 cm³/mol. The van der Waals surface area contributed by atoms with Crippen LogP contribution in [0.1, 0.15) is 31.2 Å². The van der Waals surface area contributed by atoms with Gasteiger partial charge in [-0.2, -0.15) is 0 Å². The molecule has 1 amide bonds. The summed E-state index contributed by atoms with van der Waals surface area (Å²) in [5, 5.41) is 3.68. The Labute approximate surface area is 118 Å². The third-order valence-corrected chi connectivity index (χ3v) is 4.73. The quantitative estimate of drug-likeness (QED) is 0.918. The van der Waals surface area contributed by atoms with Gasteiger partial charge in [-0.1, -0.05) is 29.8 Å². The number of halogens is 1. The molecule has 102 valence electrons. The van der Waals surface area contributed by atoms with Crippen molar-refractivity contribution in [3.8, 4) is 0 Å². The third-order valence-electron chi connectivity index (χ3n) is 4.36. The summed E-state index contributed by atoms with van der Waals surface area (Å²) in [5.74, 6) is 0.110. The number of amides is 1. The van der Waals surface area contributed by atoms with Crippen LogP contribution in [0.25, 0.3) is 0 Å². The lowest BCUT2D eigenvalue weighted by atomic mass is 10.0. The van der Waals surface area contributed by atoms with Gasteiger partial charge in [0, 0.05) is 23.7 Å². The number of carbonyl (C=O) groups excluding carboxylic acids is 1. The van der Waals surface area contributed by atoms with Crippen LogP contribution in [0, 0.1) is 0 Å². The second kappa shape index (κ2) is 5.51. The first-order valence-corrected chi connectivity index (χ1v) is 7.37. The van der Waals surface area contributed by atoms with Gasteiger partial charge in [0.15, 0.2) is 0 Å². The Morgan fingerprint density at radius 2 is 1.84 bits per heavy atom. The summed E-state index contributed by atoms with van der Waals surface area (Å²) in [5.41, 5.74) is 0.974. The highest BCUT2D eigenvalue weighted by Crippen LogP contribution is 2.36. The molecule has 3 nitrogen and oxygen atoms in total. The highest BCUT2D eigenvalue weighted by Gasteiger charge is 2.39. The van der Waals surface area contributed by atoms with Gasteiger partial charge >= 0.3 is 0 Å². The zero-order valence-electron chi connectivity index (χ0n) is 10.9. The fourth-order valence-corrected chi connectivity index (χ4v) is 3.54. The SMILES string of the molecule is O=C(CN1C2CCC1CC2)NCc1ccccc1Cl. The van der Waals surface area contributed by atoms with Crippen molar-refractivity contribution in [1.82, 2.24) is 10.2 Å². The van der Waals surface area contributed by atoms with Crippen molar-refractivity contribution >= 4 is 17.5 Å². The molecule has 0 unspecified atom stereocenters. The van der Waals surface area contributed by atoms with Crippen molar-refractivity contribution in [3.05, 3.63) is 34.9 Å². The fraction of sp³-hybridized carbons (Fsp3) is 0.533. The number of carbonyl (C=O) groups is 1. The fourth-order valence-electron chi connectivity index (χ4n) is 3.34. The molecular formula is C15H19ClN2O. The minimum atomic E-state index is 0.110. The van der Waals surface area contributed by atoms with Gasteiger partial charge in [0.1, 0.15) is 0 Å². The minimum Gasteiger partial charge on any atom is -0.351 e. The summed E-state index contributed by atoms with van der Waals surface area (Å²) >= 11 is 6.07. The van der Waals surface area contributed by atoms with Crippen molar-refractivity contribution in [1.29, 1.82) is 0 Å². The molecule has 3 rings (SSSR count). The van der Waals surface area contributed by atoms with Crippen LogP contribution in [0.3, 0.4) is 0 Å². The van der Waals surface area contributed by atoms with E-state index in [2.05, 4.69) is 10.2 Å². The molecular weight excluding hydrogens is 260 g/mol. The van der Waals surface area contributed by atoms with Gasteiger partial charge in [0.05, 0.1) is 6.54 Å². The Kier molecular flexibility index (Phi) is 3.76. The average molecular weight is 279 g/mol. The molecule has 2 fully saturated rings. The van der Waals surface area contributed by atoms with Gasteiger partial charge < -0.3 is 5.32 Å². The molecule has 0 radical (unpaired) electrons. The van der Waals surface area contributed by atoms with E-state index in [1.54, 1.807) is 0 Å². The van der Waals surface area contributed by atoms with Crippen LogP contribution in [0.15, 0.2) is 24.3 Å². The summed E-state index contributed by atoms with van der Waals surface area (Å²) in [6, 6.07) is 8.93. The second-order valence-electron chi connectivity index (χ2n) is 5.50. The van der Waals surface area contributed by atoms with Gasteiger partial charge in [-0.05, 0) is 37.3 Å². The Hall–Kier alpha value is -1.06. The van der Waals surface area contributed by atoms with Crippen molar-refractivity contribution in [3.63, 3.8) is 0 Å². The van der Waals surface area contributed by atoms with Gasteiger partial charge in [0.25, 0.3) is 0 Å². The lowest BCUT2D eigenvalue weighted by Gasteiger charge is -2.20. The molecule has 2 heterocycles. The van der Waals surface area contributed by atoms with Gasteiger partial charge in [-0.3, -0.25) is 9.69 Å². The highest BCUT2D eigenvalue weighted by molar-refractivity contribution is 6.31. The molecule has 0 aliphatic carbocycles. The number of hydrogen-bond donors (Lipinski definition) is 1. The molecule has 2 aliphatic heterocycles. The number of hydrogen-bond acceptors (Lipinski definition) is 2. The molecule has 19 heavy (non-hydrogen) atoms. The number of nitrogens with one attached hydrogen (secondary N) is 1. The third kappa shape index (κ3) is 2.77. The molecule has 0 aromatic heterocycles. The molecule has 1 aromatic carbocycles. The Morgan fingerprint density at radius 3 is 2.47 bits per heavy atom. The van der Waals surface area contributed by atoms with E-state index in [1.165, 1.54) is 25.7 Å². The first-order valence-electron chi connectivity index (χ1n) is 7.00. The number of rotatable bonds is 4. The molecule has 2 aliphatic rings. The lowest BCUT2D eigenvalue weighted by molar-refractivity contribution is -0.122. The molecule has 0 atom stereocenters. The smallest absolute Gasteiger partial charge is 0.234 e. The maximum Gasteiger partial charge on any atom is 0.234 e. The van der Waals surface area contributed by atoms with E-state index in [0.29, 0.717) is 30.2 Å². The summed E-state index contributed by atoms with van der Waals surface area (Å²) in [6.45, 7) is 1.06. The van der Waals surface area contributed by atoms with Crippen LogP contribution in [0.5, 0.6) is 0 Å². The van der Waals surface area contributed by atoms with E-state index >= 15 is 0 Å². The zero-order chi connectivity index (χ0) is 13.2. The molecule has 1 N–H and O–H groups in total. The van der Waals surface area contributed by atoms with E-state index < -0.39 is 0 Å². The molecule has 0 saturated carbocycles. The molecule has 1 aromatic rings. The zero-order valence-corrected chi connectivity index (χ0v) is 11.7. The summed E-state index contributed by atoms with van der Waals surface area (Å²) in [6.07, 6.45) is 5.07. The summed E-state index contributed by atoms with van der Waals surface area (Å²) in [7, 11) is 0. The molecule has 2 saturated heterocycles. The van der Waals surface area contributed by atoms with Crippen LogP contribution in [-0.2, 0) is 11.3 Å². The van der Waals surface area contributed by atoms with Crippen LogP contribution in [-0.4, -0.2) is 29.4 Å². The number of nitrogens with zero attached hydrogens (tertiary/aromatic N) is 1. The highest BCUT2D eigenvalue weighted by atomic mass is 35.5. The van der Waals surface area contributed by atoms with Crippen molar-refractivity contribution in [2.24, 2.45) is 0 Å². The van der Waals surface area contributed by atoms with Crippen molar-refractivity contribution in [2.75, 3.05) is 6.54 Å². The Balaban J connectivity index is 1.51. The van der Waals surface area contributed by atoms with E-state index in [-0.39, 0.29) is 5.91 Å². The standard InChI is InChI=1S/C15H19ClN2O/c16-14-4-2-1-3-11(14)9-17-15(19)10-18-12-5-6-13(18)8-7-12/h1-4,12-13H,5-10H2,(H,17,19). The molecule has 4 heteroatoms. The van der Waals surface area contributed by atoms with Crippen LogP contribution < -0.4 is 5.32 Å². The maximum atomic E-state index is 12.0. The van der Waals surface area contributed by atoms with Crippen LogP contribution in [0.4, 0.5) is 0 Å². The van der Waals surface area contributed by atoms with Gasteiger partial charge in [0.2, 0.25) is 5.91 Å². The first-order chi connectivity index (χ1) is 9.24. The van der Waals surface area contributed by atoms with E-state index in [1.807, 2.05) is 24.3 Å². The molecule has 0 spiro atoms. The Bertz CT molecular complexity index is 457. The van der Waals surface area contributed by atoms with E-state index in [0.717, 1.165) is 5.56 Å². The van der Waals surface area contributed by atoms with Gasteiger partial charge in [-0.15, -0.1) is 0 Å². The Morgan fingerprint density at radius 1 is 1.21 bits per heavy atom. The van der Waals surface area contributed by atoms with Crippen molar-refractivity contribution < 1.29 is 4.79 Å². The minimum absolute atomic E-state index is 0.110. The first kappa shape index (κ1) is 12.9. The van der Waals surface area contributed by atoms with Gasteiger partial charge in [-0.25, -0.2) is 0 Å².